The van der Waals surface area contributed by atoms with Gasteiger partial charge in [0, 0.05) is 18.9 Å². The zero-order valence-corrected chi connectivity index (χ0v) is 18.4. The summed E-state index contributed by atoms with van der Waals surface area (Å²) in [7, 11) is 0. The molecule has 0 saturated carbocycles. The summed E-state index contributed by atoms with van der Waals surface area (Å²) in [5.74, 6) is 0.997. The number of carbonyl (C=O) groups is 2. The number of hydrazone groups is 1. The van der Waals surface area contributed by atoms with E-state index in [9.17, 15) is 9.59 Å². The van der Waals surface area contributed by atoms with Crippen molar-refractivity contribution in [2.24, 2.45) is 5.10 Å². The average Bonchev–Trinajstić information content (AvgIpc) is 3.12. The van der Waals surface area contributed by atoms with Gasteiger partial charge in [-0.05, 0) is 48.4 Å². The molecule has 0 unspecified atom stereocenters. The summed E-state index contributed by atoms with van der Waals surface area (Å²) in [6.07, 6.45) is 0. The number of nitrogens with zero attached hydrogens (tertiary/aromatic N) is 2. The first-order valence-electron chi connectivity index (χ1n) is 9.28. The highest BCUT2D eigenvalue weighted by Gasteiger charge is 2.32. The number of halogens is 1. The predicted molar refractivity (Wildman–Crippen MR) is 118 cm³/mol. The second kappa shape index (κ2) is 9.86. The molecule has 0 spiro atoms. The number of benzene rings is 2. The van der Waals surface area contributed by atoms with Crippen molar-refractivity contribution in [2.75, 3.05) is 13.2 Å². The third kappa shape index (κ3) is 5.67. The summed E-state index contributed by atoms with van der Waals surface area (Å²) in [5, 5.41) is 8.93. The fourth-order valence-electron chi connectivity index (χ4n) is 2.73. The zero-order valence-electron chi connectivity index (χ0n) is 16.8. The number of hydrogen-bond acceptors (Lipinski definition) is 6. The van der Waals surface area contributed by atoms with E-state index in [0.29, 0.717) is 29.2 Å². The Morgan fingerprint density at radius 1 is 1.10 bits per heavy atom. The highest BCUT2D eigenvalue weighted by atomic mass is 35.5. The van der Waals surface area contributed by atoms with Crippen LogP contribution in [-0.2, 0) is 9.59 Å². The molecule has 0 radical (unpaired) electrons. The first kappa shape index (κ1) is 22.0. The van der Waals surface area contributed by atoms with Gasteiger partial charge in [0.25, 0.3) is 0 Å². The topological polar surface area (TPSA) is 80.2 Å². The van der Waals surface area contributed by atoms with Crippen molar-refractivity contribution < 1.29 is 19.1 Å². The van der Waals surface area contributed by atoms with Crippen molar-refractivity contribution in [3.05, 3.63) is 58.6 Å². The van der Waals surface area contributed by atoms with E-state index in [4.69, 9.17) is 21.1 Å². The molecule has 0 bridgehead atoms. The minimum Gasteiger partial charge on any atom is -0.490 e. The Bertz CT molecular complexity index is 965. The van der Waals surface area contributed by atoms with Gasteiger partial charge in [0.15, 0.2) is 5.17 Å². The Kier molecular flexibility index (Phi) is 7.23. The van der Waals surface area contributed by atoms with Gasteiger partial charge in [-0.25, -0.2) is 5.01 Å². The first-order valence-corrected chi connectivity index (χ1v) is 10.5. The second-order valence-corrected chi connectivity index (χ2v) is 8.07. The standard InChI is InChI=1S/C21H22ClN3O4S/c1-13-12-18(8-9-19(13)22)29-11-10-28-17-6-4-16(5-7-17)20-25(15(3)27)24-21(30-20)23-14(2)26/h4-9,12,20H,10-11H2,1-3H3,(H,23,24,26)/t20-/m1/s1. The van der Waals surface area contributed by atoms with Crippen LogP contribution in [0.5, 0.6) is 11.5 Å². The second-order valence-electron chi connectivity index (χ2n) is 6.60. The maximum atomic E-state index is 11.9. The molecule has 2 aromatic rings. The van der Waals surface area contributed by atoms with E-state index in [2.05, 4.69) is 10.4 Å². The Morgan fingerprint density at radius 2 is 1.73 bits per heavy atom. The molecule has 158 valence electrons. The molecule has 0 aliphatic carbocycles. The minimum absolute atomic E-state index is 0.206. The van der Waals surface area contributed by atoms with Gasteiger partial charge in [0.1, 0.15) is 30.1 Å². The van der Waals surface area contributed by atoms with Crippen molar-refractivity contribution in [1.29, 1.82) is 0 Å². The summed E-state index contributed by atoms with van der Waals surface area (Å²) in [6, 6.07) is 12.9. The monoisotopic (exact) mass is 447 g/mol. The molecular weight excluding hydrogens is 426 g/mol. The highest BCUT2D eigenvalue weighted by Crippen LogP contribution is 2.39. The minimum atomic E-state index is -0.338. The molecule has 2 amide bonds. The van der Waals surface area contributed by atoms with E-state index in [0.717, 1.165) is 16.9 Å². The van der Waals surface area contributed by atoms with E-state index in [1.807, 2.05) is 43.3 Å². The predicted octanol–water partition coefficient (Wildman–Crippen LogP) is 4.11. The number of ether oxygens (including phenoxy) is 2. The maximum Gasteiger partial charge on any atom is 0.241 e. The third-order valence-electron chi connectivity index (χ3n) is 4.16. The summed E-state index contributed by atoms with van der Waals surface area (Å²) < 4.78 is 11.4. The average molecular weight is 448 g/mol. The molecule has 1 N–H and O–H groups in total. The third-order valence-corrected chi connectivity index (χ3v) is 5.69. The van der Waals surface area contributed by atoms with Crippen molar-refractivity contribution in [1.82, 2.24) is 10.3 Å². The van der Waals surface area contributed by atoms with E-state index < -0.39 is 0 Å². The van der Waals surface area contributed by atoms with Crippen LogP contribution >= 0.6 is 23.4 Å². The van der Waals surface area contributed by atoms with Crippen molar-refractivity contribution in [3.8, 4) is 11.5 Å². The van der Waals surface area contributed by atoms with Crippen LogP contribution in [0.1, 0.15) is 30.3 Å². The molecule has 1 atom stereocenters. The Hall–Kier alpha value is -2.71. The lowest BCUT2D eigenvalue weighted by atomic mass is 10.2. The highest BCUT2D eigenvalue weighted by molar-refractivity contribution is 8.14. The van der Waals surface area contributed by atoms with Gasteiger partial charge in [-0.3, -0.25) is 9.59 Å². The number of amides is 2. The lowest BCUT2D eigenvalue weighted by Crippen LogP contribution is -2.25. The molecule has 2 aromatic carbocycles. The van der Waals surface area contributed by atoms with E-state index in [1.54, 1.807) is 6.07 Å². The van der Waals surface area contributed by atoms with Crippen LogP contribution in [0, 0.1) is 6.92 Å². The van der Waals surface area contributed by atoms with Crippen molar-refractivity contribution >= 4 is 40.3 Å². The molecule has 0 saturated heterocycles. The van der Waals surface area contributed by atoms with Crippen LogP contribution in [0.3, 0.4) is 0 Å². The van der Waals surface area contributed by atoms with Crippen LogP contribution in [0.25, 0.3) is 0 Å². The van der Waals surface area contributed by atoms with Crippen LogP contribution in [0.2, 0.25) is 5.02 Å². The van der Waals surface area contributed by atoms with E-state index in [-0.39, 0.29) is 17.2 Å². The van der Waals surface area contributed by atoms with Crippen molar-refractivity contribution in [2.45, 2.75) is 26.1 Å². The summed E-state index contributed by atoms with van der Waals surface area (Å²) >= 11 is 7.32. The number of nitrogens with one attached hydrogen (secondary N) is 1. The Balaban J connectivity index is 1.53. The van der Waals surface area contributed by atoms with Gasteiger partial charge in [-0.2, -0.15) is 0 Å². The number of amidine groups is 1. The Morgan fingerprint density at radius 3 is 2.33 bits per heavy atom. The lowest BCUT2D eigenvalue weighted by Gasteiger charge is -2.19. The van der Waals surface area contributed by atoms with Crippen LogP contribution in [-0.4, -0.2) is 35.2 Å². The molecule has 3 rings (SSSR count). The van der Waals surface area contributed by atoms with Crippen LogP contribution in [0.15, 0.2) is 47.6 Å². The normalized spacial score (nSPS) is 15.5. The molecule has 0 aromatic heterocycles. The maximum absolute atomic E-state index is 11.9. The lowest BCUT2D eigenvalue weighted by molar-refractivity contribution is -0.129. The quantitative estimate of drug-likeness (QED) is 0.674. The molecule has 0 fully saturated rings. The molecule has 7 nitrogen and oxygen atoms in total. The summed E-state index contributed by atoms with van der Waals surface area (Å²) in [4.78, 5) is 23.2. The molecule has 1 heterocycles. The number of aryl methyl sites for hydroxylation is 1. The molecule has 9 heteroatoms. The fraction of sp³-hybridized carbons (Fsp3) is 0.286. The van der Waals surface area contributed by atoms with E-state index in [1.165, 1.54) is 30.6 Å². The van der Waals surface area contributed by atoms with Gasteiger partial charge >= 0.3 is 0 Å². The zero-order chi connectivity index (χ0) is 21.7. The van der Waals surface area contributed by atoms with Crippen LogP contribution < -0.4 is 14.8 Å². The number of carbonyl (C=O) groups excluding carboxylic acids is 2. The first-order chi connectivity index (χ1) is 14.3. The van der Waals surface area contributed by atoms with Gasteiger partial charge in [-0.1, -0.05) is 35.5 Å². The summed E-state index contributed by atoms with van der Waals surface area (Å²) in [5.41, 5.74) is 1.83. The van der Waals surface area contributed by atoms with Crippen LogP contribution in [0.4, 0.5) is 0 Å². The number of rotatable bonds is 6. The Labute approximate surface area is 184 Å². The van der Waals surface area contributed by atoms with Gasteiger partial charge in [0.05, 0.1) is 0 Å². The summed E-state index contributed by atoms with van der Waals surface area (Å²) in [6.45, 7) is 5.54. The van der Waals surface area contributed by atoms with Crippen molar-refractivity contribution in [3.63, 3.8) is 0 Å². The fourth-order valence-corrected chi connectivity index (χ4v) is 3.99. The van der Waals surface area contributed by atoms with Gasteiger partial charge < -0.3 is 14.8 Å². The SMILES string of the molecule is CC(=O)NC1=NN(C(C)=O)[C@@H](c2ccc(OCCOc3ccc(Cl)c(C)c3)cc2)S1. The van der Waals surface area contributed by atoms with E-state index >= 15 is 0 Å². The van der Waals surface area contributed by atoms with Gasteiger partial charge in [0.2, 0.25) is 11.8 Å². The molecule has 1 aliphatic rings. The smallest absolute Gasteiger partial charge is 0.241 e. The largest absolute Gasteiger partial charge is 0.490 e. The van der Waals surface area contributed by atoms with Gasteiger partial charge in [-0.15, -0.1) is 5.10 Å². The molecular formula is C21H22ClN3O4S. The number of thioether (sulfide) groups is 1. The number of hydrogen-bond donors (Lipinski definition) is 1. The molecule has 1 aliphatic heterocycles. The molecule has 30 heavy (non-hydrogen) atoms.